The number of carbonyl (C=O) groups is 2. The van der Waals surface area contributed by atoms with Crippen LogP contribution < -0.4 is 47.9 Å². The zero-order chi connectivity index (χ0) is 9.02. The normalized spacial score (nSPS) is 13.1. The summed E-state index contributed by atoms with van der Waals surface area (Å²) in [4.78, 5) is 20.2. The zero-order valence-electron chi connectivity index (χ0n) is 8.20. The molecule has 0 aromatic heterocycles. The molecule has 2 atom stereocenters. The summed E-state index contributed by atoms with van der Waals surface area (Å²) >= 11 is 0.792. The summed E-state index contributed by atoms with van der Waals surface area (Å²) in [5, 5.41) is 18.6. The van der Waals surface area contributed by atoms with Crippen LogP contribution in [-0.2, 0) is 9.59 Å². The molecule has 64 valence electrons. The van der Waals surface area contributed by atoms with Gasteiger partial charge in [-0.15, -0.1) is 11.8 Å². The SMILES string of the molecule is CC(SC(C)C(=O)[O-])C(=O)[O-].[Li+].[Li+]. The van der Waals surface area contributed by atoms with Crippen LogP contribution in [0.1, 0.15) is 13.8 Å². The van der Waals surface area contributed by atoms with Crippen LogP contribution in [0.3, 0.4) is 0 Å². The van der Waals surface area contributed by atoms with Crippen LogP contribution in [0.4, 0.5) is 0 Å². The molecule has 0 aromatic carbocycles. The van der Waals surface area contributed by atoms with E-state index in [1.807, 2.05) is 0 Å². The Kier molecular flexibility index (Phi) is 13.3. The second kappa shape index (κ2) is 9.06. The molecule has 4 nitrogen and oxygen atoms in total. The molecule has 0 bridgehead atoms. The molecule has 0 rings (SSSR count). The Labute approximate surface area is 105 Å². The van der Waals surface area contributed by atoms with Gasteiger partial charge in [0.1, 0.15) is 0 Å². The third-order valence-electron chi connectivity index (χ3n) is 1.07. The van der Waals surface area contributed by atoms with Crippen molar-refractivity contribution in [2.24, 2.45) is 0 Å². The Morgan fingerprint density at radius 3 is 1.38 bits per heavy atom. The van der Waals surface area contributed by atoms with E-state index in [-0.39, 0.29) is 37.7 Å². The molecule has 0 heterocycles. The van der Waals surface area contributed by atoms with Crippen LogP contribution >= 0.6 is 11.8 Å². The van der Waals surface area contributed by atoms with E-state index in [1.165, 1.54) is 13.8 Å². The molecule has 0 aliphatic heterocycles. The summed E-state index contributed by atoms with van der Waals surface area (Å²) in [6, 6.07) is 0. The van der Waals surface area contributed by atoms with E-state index in [4.69, 9.17) is 0 Å². The van der Waals surface area contributed by atoms with Crippen molar-refractivity contribution in [3.63, 3.8) is 0 Å². The minimum absolute atomic E-state index is 0. The second-order valence-corrected chi connectivity index (χ2v) is 3.74. The van der Waals surface area contributed by atoms with Crippen LogP contribution in [0, 0.1) is 0 Å². The Bertz CT molecular complexity index is 158. The molecule has 0 fully saturated rings. The summed E-state index contributed by atoms with van der Waals surface area (Å²) in [5.74, 6) is -2.52. The van der Waals surface area contributed by atoms with E-state index in [1.54, 1.807) is 0 Å². The maximum absolute atomic E-state index is 10.1. The van der Waals surface area contributed by atoms with Gasteiger partial charge in [0.2, 0.25) is 0 Å². The molecule has 0 amide bonds. The maximum atomic E-state index is 10.1. The number of aliphatic carboxylic acids is 2. The van der Waals surface area contributed by atoms with Crippen molar-refractivity contribution in [3.8, 4) is 0 Å². The van der Waals surface area contributed by atoms with Crippen molar-refractivity contribution in [3.05, 3.63) is 0 Å². The van der Waals surface area contributed by atoms with Crippen LogP contribution in [0.15, 0.2) is 0 Å². The average Bonchev–Trinajstić information content (AvgIpc) is 1.87. The molecule has 7 heteroatoms. The molecular formula is C6H8Li2O4S. The predicted molar refractivity (Wildman–Crippen MR) is 36.5 cm³/mol. The van der Waals surface area contributed by atoms with Gasteiger partial charge < -0.3 is 19.8 Å². The number of carbonyl (C=O) groups excluding carboxylic acids is 2. The summed E-state index contributed by atoms with van der Waals surface area (Å²) in [7, 11) is 0. The van der Waals surface area contributed by atoms with Gasteiger partial charge in [0.05, 0.1) is 11.9 Å². The van der Waals surface area contributed by atoms with E-state index in [9.17, 15) is 19.8 Å². The molecule has 0 radical (unpaired) electrons. The van der Waals surface area contributed by atoms with E-state index >= 15 is 0 Å². The fourth-order valence-electron chi connectivity index (χ4n) is 0.417. The van der Waals surface area contributed by atoms with E-state index < -0.39 is 22.4 Å². The smallest absolute Gasteiger partial charge is 0.549 e. The molecule has 0 N–H and O–H groups in total. The summed E-state index contributed by atoms with van der Waals surface area (Å²) < 4.78 is 0. The van der Waals surface area contributed by atoms with E-state index in [0.29, 0.717) is 0 Å². The molecular weight excluding hydrogens is 182 g/mol. The van der Waals surface area contributed by atoms with Gasteiger partial charge in [-0.2, -0.15) is 0 Å². The molecule has 0 spiro atoms. The molecule has 13 heavy (non-hydrogen) atoms. The van der Waals surface area contributed by atoms with Crippen LogP contribution in [0.25, 0.3) is 0 Å². The van der Waals surface area contributed by atoms with E-state index in [0.717, 1.165) is 11.8 Å². The standard InChI is InChI=1S/C6H10O4S.2Li/c1-3(5(7)8)11-4(2)6(9)10;;/h3-4H,1-2H3,(H,7,8)(H,9,10);;/q;2*+1/p-2. The first-order valence-electron chi connectivity index (χ1n) is 3.02. The molecule has 0 aliphatic rings. The van der Waals surface area contributed by atoms with E-state index in [2.05, 4.69) is 0 Å². The second-order valence-electron chi connectivity index (χ2n) is 2.06. The van der Waals surface area contributed by atoms with Crippen molar-refractivity contribution < 1.29 is 57.5 Å². The first kappa shape index (κ1) is 19.1. The third-order valence-corrected chi connectivity index (χ3v) is 2.27. The maximum Gasteiger partial charge on any atom is 1.00 e. The van der Waals surface area contributed by atoms with Crippen LogP contribution in [-0.4, -0.2) is 22.4 Å². The van der Waals surface area contributed by atoms with Gasteiger partial charge in [-0.05, 0) is 13.8 Å². The van der Waals surface area contributed by atoms with Gasteiger partial charge in [-0.25, -0.2) is 0 Å². The van der Waals surface area contributed by atoms with Gasteiger partial charge in [0, 0.05) is 10.5 Å². The minimum atomic E-state index is -1.26. The van der Waals surface area contributed by atoms with Gasteiger partial charge in [0.15, 0.2) is 0 Å². The summed E-state index contributed by atoms with van der Waals surface area (Å²) in [6.07, 6.45) is 0. The van der Waals surface area contributed by atoms with Crippen molar-refractivity contribution >= 4 is 23.7 Å². The van der Waals surface area contributed by atoms with Gasteiger partial charge in [-0.3, -0.25) is 0 Å². The number of thioether (sulfide) groups is 1. The first-order chi connectivity index (χ1) is 4.95. The number of rotatable bonds is 4. The van der Waals surface area contributed by atoms with Crippen molar-refractivity contribution in [1.29, 1.82) is 0 Å². The number of hydrogen-bond acceptors (Lipinski definition) is 5. The fraction of sp³-hybridized carbons (Fsp3) is 0.667. The van der Waals surface area contributed by atoms with Crippen molar-refractivity contribution in [2.45, 2.75) is 24.3 Å². The molecule has 2 unspecified atom stereocenters. The first-order valence-corrected chi connectivity index (χ1v) is 3.96. The summed E-state index contributed by atoms with van der Waals surface area (Å²) in [6.45, 7) is 2.75. The largest absolute Gasteiger partial charge is 1.00 e. The van der Waals surface area contributed by atoms with Gasteiger partial charge in [-0.1, -0.05) is 0 Å². The Morgan fingerprint density at radius 2 is 1.23 bits per heavy atom. The molecule has 0 saturated carbocycles. The molecule has 0 saturated heterocycles. The summed E-state index contributed by atoms with van der Waals surface area (Å²) in [5.41, 5.74) is 0. The minimum Gasteiger partial charge on any atom is -0.549 e. The monoisotopic (exact) mass is 190 g/mol. The third kappa shape index (κ3) is 8.81. The van der Waals surface area contributed by atoms with Crippen LogP contribution in [0.5, 0.6) is 0 Å². The average molecular weight is 190 g/mol. The number of hydrogen-bond donors (Lipinski definition) is 0. The van der Waals surface area contributed by atoms with Gasteiger partial charge in [0.25, 0.3) is 0 Å². The molecule has 0 aliphatic carbocycles. The Hall–Kier alpha value is 0.485. The quantitative estimate of drug-likeness (QED) is 0.411. The topological polar surface area (TPSA) is 80.3 Å². The number of carboxylic acids is 2. The number of carboxylic acid groups (broad SMARTS) is 2. The predicted octanol–water partition coefficient (Wildman–Crippen LogP) is -8.00. The van der Waals surface area contributed by atoms with Crippen molar-refractivity contribution in [2.75, 3.05) is 0 Å². The Morgan fingerprint density at radius 1 is 1.00 bits per heavy atom. The molecule has 0 aromatic rings. The fourth-order valence-corrected chi connectivity index (χ4v) is 1.25. The van der Waals surface area contributed by atoms with Crippen molar-refractivity contribution in [1.82, 2.24) is 0 Å². The zero-order valence-corrected chi connectivity index (χ0v) is 9.01. The van der Waals surface area contributed by atoms with Gasteiger partial charge >= 0.3 is 37.7 Å². The Balaban J connectivity index is -0.000000500. The van der Waals surface area contributed by atoms with Crippen LogP contribution in [0.2, 0.25) is 0 Å².